The van der Waals surface area contributed by atoms with Crippen LogP contribution in [0.2, 0.25) is 0 Å². The average molecular weight is 436 g/mol. The Balaban J connectivity index is 1.84. The van der Waals surface area contributed by atoms with Gasteiger partial charge in [0.1, 0.15) is 17.1 Å². The molecule has 1 amide bonds. The van der Waals surface area contributed by atoms with Crippen molar-refractivity contribution in [3.05, 3.63) is 53.0 Å². The maximum absolute atomic E-state index is 13.2. The molecule has 3 rings (SSSR count). The molecule has 0 radical (unpaired) electrons. The molecule has 1 aliphatic rings. The molecule has 1 atom stereocenters. The molecule has 10 heteroatoms. The number of nitrogens with zero attached hydrogens (tertiary/aromatic N) is 2. The van der Waals surface area contributed by atoms with Gasteiger partial charge in [0.2, 0.25) is 0 Å². The van der Waals surface area contributed by atoms with Gasteiger partial charge in [-0.15, -0.1) is 0 Å². The smallest absolute Gasteiger partial charge is 0.417 e. The number of likely N-dealkylation sites (tertiary alicyclic amines) is 1. The monoisotopic (exact) mass is 436 g/mol. The fourth-order valence-corrected chi connectivity index (χ4v) is 3.49. The highest BCUT2D eigenvalue weighted by Gasteiger charge is 2.48. The molecule has 31 heavy (non-hydrogen) atoms. The van der Waals surface area contributed by atoms with E-state index in [1.54, 1.807) is 13.8 Å². The molecule has 2 aromatic rings. The third-order valence-corrected chi connectivity index (χ3v) is 5.00. The molecule has 2 heterocycles. The number of carbonyl (C=O) groups excluding carboxylic acids is 2. The number of hydrogen-bond donors (Lipinski definition) is 0. The third-order valence-electron chi connectivity index (χ3n) is 5.00. The summed E-state index contributed by atoms with van der Waals surface area (Å²) in [4.78, 5) is 26.2. The zero-order valence-corrected chi connectivity index (χ0v) is 16.9. The molecule has 1 saturated heterocycles. The van der Waals surface area contributed by atoms with Crippen molar-refractivity contribution in [1.82, 2.24) is 4.90 Å². The third kappa shape index (κ3) is 4.35. The van der Waals surface area contributed by atoms with Crippen LogP contribution in [-0.2, 0) is 22.3 Å². The van der Waals surface area contributed by atoms with Crippen LogP contribution in [0.3, 0.4) is 0 Å². The predicted octanol–water partition coefficient (Wildman–Crippen LogP) is 3.77. The Morgan fingerprint density at radius 3 is 2.68 bits per heavy atom. The molecule has 1 unspecified atom stereocenters. The number of carbonyl (C=O) groups is 2. The minimum Gasteiger partial charge on any atom is -0.480 e. The largest absolute Gasteiger partial charge is 0.480 e. The van der Waals surface area contributed by atoms with Crippen LogP contribution in [0.1, 0.15) is 41.1 Å². The van der Waals surface area contributed by atoms with E-state index in [1.165, 1.54) is 36.5 Å². The van der Waals surface area contributed by atoms with E-state index < -0.39 is 40.7 Å². The normalized spacial score (nSPS) is 18.0. The lowest BCUT2D eigenvalue weighted by Gasteiger charge is -2.24. The van der Waals surface area contributed by atoms with E-state index in [0.717, 1.165) is 6.07 Å². The number of halogens is 3. The summed E-state index contributed by atoms with van der Waals surface area (Å²) in [7, 11) is 1.22. The molecule has 7 nitrogen and oxygen atoms in total. The lowest BCUT2D eigenvalue weighted by molar-refractivity contribution is -0.138. The second-order valence-corrected chi connectivity index (χ2v) is 7.75. The number of rotatable bonds is 5. The van der Waals surface area contributed by atoms with Gasteiger partial charge in [-0.2, -0.15) is 18.4 Å². The Labute approximate surface area is 175 Å². The molecule has 1 aromatic carbocycles. The highest BCUT2D eigenvalue weighted by molar-refractivity contribution is 5.90. The van der Waals surface area contributed by atoms with Crippen molar-refractivity contribution in [3.8, 4) is 11.8 Å². The molecular weight excluding hydrogens is 417 g/mol. The van der Waals surface area contributed by atoms with Crippen molar-refractivity contribution in [1.29, 1.82) is 5.26 Å². The van der Waals surface area contributed by atoms with Crippen LogP contribution in [0.15, 0.2) is 34.9 Å². The van der Waals surface area contributed by atoms with Crippen molar-refractivity contribution in [2.24, 2.45) is 5.41 Å². The summed E-state index contributed by atoms with van der Waals surface area (Å²) in [6, 6.07) is 5.87. The van der Waals surface area contributed by atoms with Gasteiger partial charge in [-0.05, 0) is 24.3 Å². The Morgan fingerprint density at radius 2 is 2.06 bits per heavy atom. The molecule has 0 N–H and O–H groups in total. The second-order valence-electron chi connectivity index (χ2n) is 7.75. The van der Waals surface area contributed by atoms with Gasteiger partial charge < -0.3 is 18.8 Å². The van der Waals surface area contributed by atoms with Crippen LogP contribution in [0.5, 0.6) is 5.75 Å². The summed E-state index contributed by atoms with van der Waals surface area (Å²) in [6.45, 7) is 3.68. The summed E-state index contributed by atoms with van der Waals surface area (Å²) in [5, 5.41) is 8.93. The molecule has 0 spiro atoms. The van der Waals surface area contributed by atoms with E-state index in [0.29, 0.717) is 6.07 Å². The minimum atomic E-state index is -4.74. The molecule has 1 aliphatic heterocycles. The number of benzene rings is 1. The number of alkyl halides is 3. The first kappa shape index (κ1) is 22.2. The Bertz CT molecular complexity index is 1050. The lowest BCUT2D eigenvalue weighted by Crippen LogP contribution is -2.36. The maximum Gasteiger partial charge on any atom is 0.417 e. The van der Waals surface area contributed by atoms with Crippen LogP contribution < -0.4 is 4.74 Å². The van der Waals surface area contributed by atoms with Gasteiger partial charge in [0.15, 0.2) is 6.10 Å². The molecule has 0 saturated carbocycles. The topological polar surface area (TPSA) is 92.8 Å². The minimum absolute atomic E-state index is 0.0271. The highest BCUT2D eigenvalue weighted by atomic mass is 19.4. The standard InChI is InChI=1S/C21H19F3N2O5/c1-20(2)11-26(10-16-14(6-7-30-16)19(28)29-3)18(27)17(20)31-13-5-4-12(9-25)15(8-13)21(22,23)24/h4-8,17H,10-11H2,1-3H3. The van der Waals surface area contributed by atoms with Crippen molar-refractivity contribution in [3.63, 3.8) is 0 Å². The summed E-state index contributed by atoms with van der Waals surface area (Å²) >= 11 is 0. The van der Waals surface area contributed by atoms with E-state index in [9.17, 15) is 22.8 Å². The molecule has 0 aliphatic carbocycles. The Hall–Kier alpha value is -3.48. The van der Waals surface area contributed by atoms with Crippen molar-refractivity contribution in [2.45, 2.75) is 32.7 Å². The number of esters is 1. The first-order valence-electron chi connectivity index (χ1n) is 9.19. The van der Waals surface area contributed by atoms with Gasteiger partial charge >= 0.3 is 12.1 Å². The molecular formula is C21H19F3N2O5. The number of methoxy groups -OCH3 is 1. The van der Waals surface area contributed by atoms with E-state index in [-0.39, 0.29) is 30.2 Å². The summed E-state index contributed by atoms with van der Waals surface area (Å²) in [5.74, 6) is -1.02. The van der Waals surface area contributed by atoms with Gasteiger partial charge in [0, 0.05) is 12.0 Å². The summed E-state index contributed by atoms with van der Waals surface area (Å²) in [5.41, 5.74) is -2.24. The van der Waals surface area contributed by atoms with Crippen molar-refractivity contribution >= 4 is 11.9 Å². The predicted molar refractivity (Wildman–Crippen MR) is 99.8 cm³/mol. The van der Waals surface area contributed by atoms with Crippen molar-refractivity contribution in [2.75, 3.05) is 13.7 Å². The van der Waals surface area contributed by atoms with E-state index >= 15 is 0 Å². The maximum atomic E-state index is 13.2. The van der Waals surface area contributed by atoms with E-state index in [4.69, 9.17) is 14.4 Å². The van der Waals surface area contributed by atoms with Gasteiger partial charge in [-0.25, -0.2) is 4.79 Å². The average Bonchev–Trinajstić information content (AvgIpc) is 3.24. The number of furan rings is 1. The van der Waals surface area contributed by atoms with Gasteiger partial charge in [-0.3, -0.25) is 4.79 Å². The zero-order chi connectivity index (χ0) is 23.0. The fourth-order valence-electron chi connectivity index (χ4n) is 3.49. The summed E-state index contributed by atoms with van der Waals surface area (Å²) < 4.78 is 55.4. The van der Waals surface area contributed by atoms with Crippen molar-refractivity contribution < 1.29 is 36.7 Å². The van der Waals surface area contributed by atoms with Crippen LogP contribution in [0, 0.1) is 16.7 Å². The zero-order valence-electron chi connectivity index (χ0n) is 16.9. The number of ether oxygens (including phenoxy) is 2. The van der Waals surface area contributed by atoms with Crippen LogP contribution in [0.25, 0.3) is 0 Å². The SMILES string of the molecule is COC(=O)c1ccoc1CN1CC(C)(C)C(Oc2ccc(C#N)c(C(F)(F)F)c2)C1=O. The Kier molecular flexibility index (Phi) is 5.72. The summed E-state index contributed by atoms with van der Waals surface area (Å²) in [6.07, 6.45) is -4.51. The van der Waals surface area contributed by atoms with E-state index in [1.807, 2.05) is 0 Å². The van der Waals surface area contributed by atoms with Crippen LogP contribution >= 0.6 is 0 Å². The Morgan fingerprint density at radius 1 is 1.35 bits per heavy atom. The molecule has 1 fully saturated rings. The number of hydrogen-bond acceptors (Lipinski definition) is 6. The quantitative estimate of drug-likeness (QED) is 0.663. The van der Waals surface area contributed by atoms with E-state index in [2.05, 4.69) is 4.74 Å². The van der Waals surface area contributed by atoms with Crippen LogP contribution in [0.4, 0.5) is 13.2 Å². The van der Waals surface area contributed by atoms with Gasteiger partial charge in [0.05, 0.1) is 37.1 Å². The first-order valence-corrected chi connectivity index (χ1v) is 9.19. The first-order chi connectivity index (χ1) is 14.5. The number of nitriles is 1. The molecule has 1 aromatic heterocycles. The second kappa shape index (κ2) is 7.98. The molecule has 0 bridgehead atoms. The van der Waals surface area contributed by atoms with Gasteiger partial charge in [0.25, 0.3) is 5.91 Å². The highest BCUT2D eigenvalue weighted by Crippen LogP contribution is 2.38. The lowest BCUT2D eigenvalue weighted by atomic mass is 9.89. The fraction of sp³-hybridized carbons (Fsp3) is 0.381. The van der Waals surface area contributed by atoms with Crippen LogP contribution in [-0.4, -0.2) is 36.5 Å². The molecule has 164 valence electrons. The number of amides is 1. The van der Waals surface area contributed by atoms with Gasteiger partial charge in [-0.1, -0.05) is 13.8 Å².